The van der Waals surface area contributed by atoms with Gasteiger partial charge >= 0.3 is 0 Å². The van der Waals surface area contributed by atoms with Crippen molar-refractivity contribution >= 4 is 55.5 Å². The lowest BCUT2D eigenvalue weighted by Gasteiger charge is -2.34. The number of fused-ring (bicyclic) bond motifs is 2. The minimum Gasteiger partial charge on any atom is -0.344 e. The molecule has 0 atom stereocenters. The zero-order chi connectivity index (χ0) is 22.9. The van der Waals surface area contributed by atoms with Gasteiger partial charge in [-0.25, -0.2) is 15.0 Å². The second-order valence-electron chi connectivity index (χ2n) is 8.15. The van der Waals surface area contributed by atoms with E-state index in [4.69, 9.17) is 4.98 Å². The van der Waals surface area contributed by atoms with E-state index in [9.17, 15) is 4.79 Å². The summed E-state index contributed by atoms with van der Waals surface area (Å²) in [4.78, 5) is 35.2. The first-order chi connectivity index (χ1) is 16.7. The van der Waals surface area contributed by atoms with Gasteiger partial charge in [-0.05, 0) is 42.0 Å². The lowest BCUT2D eigenvalue weighted by molar-refractivity contribution is 0.0747. The summed E-state index contributed by atoms with van der Waals surface area (Å²) >= 11 is 3.27. The van der Waals surface area contributed by atoms with Crippen LogP contribution in [0.1, 0.15) is 15.9 Å². The highest BCUT2D eigenvalue weighted by Gasteiger charge is 2.24. The van der Waals surface area contributed by atoms with E-state index in [-0.39, 0.29) is 5.91 Å². The number of aromatic amines is 1. The van der Waals surface area contributed by atoms with Crippen LogP contribution in [0.3, 0.4) is 0 Å². The smallest absolute Gasteiger partial charge is 0.253 e. The molecule has 0 spiro atoms. The molecule has 0 bridgehead atoms. The number of thioether (sulfide) groups is 1. The first-order valence-electron chi connectivity index (χ1n) is 11.2. The molecule has 0 radical (unpaired) electrons. The molecule has 9 heteroatoms. The number of pyridine rings is 1. The number of hydrogen-bond acceptors (Lipinski definition) is 7. The van der Waals surface area contributed by atoms with Gasteiger partial charge in [0.2, 0.25) is 0 Å². The van der Waals surface area contributed by atoms with Crippen molar-refractivity contribution in [2.45, 2.75) is 10.9 Å². The number of imidazole rings is 1. The molecule has 34 heavy (non-hydrogen) atoms. The third-order valence-electron chi connectivity index (χ3n) is 5.94. The number of carbonyl (C=O) groups excluding carboxylic acids is 1. The van der Waals surface area contributed by atoms with Gasteiger partial charge in [-0.2, -0.15) is 0 Å². The lowest BCUT2D eigenvalue weighted by Crippen LogP contribution is -2.48. The number of nitrogens with zero attached hydrogens (tertiary/aromatic N) is 5. The number of amides is 1. The van der Waals surface area contributed by atoms with Gasteiger partial charge < -0.3 is 14.8 Å². The van der Waals surface area contributed by atoms with Crippen molar-refractivity contribution < 1.29 is 4.79 Å². The van der Waals surface area contributed by atoms with Crippen LogP contribution in [0.15, 0.2) is 72.0 Å². The number of aromatic nitrogens is 4. The van der Waals surface area contributed by atoms with E-state index < -0.39 is 0 Å². The summed E-state index contributed by atoms with van der Waals surface area (Å²) in [5.41, 5.74) is 4.85. The summed E-state index contributed by atoms with van der Waals surface area (Å²) in [5.74, 6) is 0.881. The summed E-state index contributed by atoms with van der Waals surface area (Å²) < 4.78 is 0. The summed E-state index contributed by atoms with van der Waals surface area (Å²) in [6.07, 6.45) is 1.80. The van der Waals surface area contributed by atoms with Crippen molar-refractivity contribution in [2.24, 2.45) is 0 Å². The molecule has 7 nitrogen and oxygen atoms in total. The minimum atomic E-state index is 0.0853. The molecule has 4 heterocycles. The molecule has 1 aliphatic rings. The van der Waals surface area contributed by atoms with Crippen LogP contribution in [0.25, 0.3) is 21.4 Å². The molecule has 1 fully saturated rings. The van der Waals surface area contributed by atoms with E-state index in [0.717, 1.165) is 61.6 Å². The summed E-state index contributed by atoms with van der Waals surface area (Å²) in [5, 5.41) is 1.88. The number of H-pyrrole nitrogens is 1. The van der Waals surface area contributed by atoms with Crippen molar-refractivity contribution in [1.29, 1.82) is 0 Å². The van der Waals surface area contributed by atoms with Gasteiger partial charge in [-0.1, -0.05) is 47.4 Å². The Labute approximate surface area is 204 Å². The fourth-order valence-corrected chi connectivity index (χ4v) is 5.87. The van der Waals surface area contributed by atoms with Crippen LogP contribution in [-0.2, 0) is 5.75 Å². The molecule has 0 unspecified atom stereocenters. The maximum Gasteiger partial charge on any atom is 0.253 e. The number of anilines is 1. The second kappa shape index (κ2) is 9.08. The number of hydrogen-bond donors (Lipinski definition) is 1. The third kappa shape index (κ3) is 4.24. The van der Waals surface area contributed by atoms with Gasteiger partial charge in [-0.15, -0.1) is 0 Å². The van der Waals surface area contributed by atoms with Crippen molar-refractivity contribution in [1.82, 2.24) is 24.8 Å². The second-order valence-corrected chi connectivity index (χ2v) is 10.1. The number of piperazine rings is 1. The first-order valence-corrected chi connectivity index (χ1v) is 13.0. The number of thiazole rings is 1. The zero-order valence-corrected chi connectivity index (χ0v) is 20.0. The highest BCUT2D eigenvalue weighted by molar-refractivity contribution is 7.98. The quantitative estimate of drug-likeness (QED) is 0.359. The van der Waals surface area contributed by atoms with Gasteiger partial charge in [0.25, 0.3) is 5.91 Å². The third-order valence-corrected chi connectivity index (χ3v) is 7.92. The van der Waals surface area contributed by atoms with Gasteiger partial charge in [-0.3, -0.25) is 4.79 Å². The Hall–Kier alpha value is -3.43. The largest absolute Gasteiger partial charge is 0.344 e. The number of benzene rings is 2. The molecule has 170 valence electrons. The SMILES string of the molecule is O=C(c1ccc(CSc2nc3ccccc3[nH]2)cc1)N1CCN(c2nc3cccnc3s2)CC1. The number of carbonyl (C=O) groups is 1. The first kappa shape index (κ1) is 21.1. The summed E-state index contributed by atoms with van der Waals surface area (Å²) in [6.45, 7) is 2.92. The molecule has 6 rings (SSSR count). The van der Waals surface area contributed by atoms with Crippen molar-refractivity contribution in [2.75, 3.05) is 31.1 Å². The van der Waals surface area contributed by atoms with Crippen LogP contribution in [0.2, 0.25) is 0 Å². The summed E-state index contributed by atoms with van der Waals surface area (Å²) in [7, 11) is 0. The van der Waals surface area contributed by atoms with E-state index in [2.05, 4.69) is 19.9 Å². The molecule has 1 aliphatic heterocycles. The standard InChI is InChI=1S/C25H22N6OS2/c32-23(30-12-14-31(15-13-30)25-29-21-6-3-11-26-22(21)34-25)18-9-7-17(8-10-18)16-33-24-27-19-4-1-2-5-20(19)28-24/h1-11H,12-16H2,(H,27,28). The number of rotatable bonds is 5. The highest BCUT2D eigenvalue weighted by atomic mass is 32.2. The Morgan fingerprint density at radius 3 is 2.53 bits per heavy atom. The fraction of sp³-hybridized carbons (Fsp3) is 0.200. The van der Waals surface area contributed by atoms with Crippen LogP contribution >= 0.6 is 23.1 Å². The Balaban J connectivity index is 1.05. The van der Waals surface area contributed by atoms with Gasteiger partial charge in [0, 0.05) is 43.7 Å². The average Bonchev–Trinajstić information content (AvgIpc) is 3.51. The molecular formula is C25H22N6OS2. The average molecular weight is 487 g/mol. The maximum absolute atomic E-state index is 13.0. The van der Waals surface area contributed by atoms with E-state index in [1.807, 2.05) is 65.6 Å². The number of para-hydroxylation sites is 2. The Morgan fingerprint density at radius 1 is 0.941 bits per heavy atom. The normalized spacial score (nSPS) is 14.2. The van der Waals surface area contributed by atoms with E-state index in [1.165, 1.54) is 0 Å². The Morgan fingerprint density at radius 2 is 1.74 bits per heavy atom. The van der Waals surface area contributed by atoms with Crippen LogP contribution in [0.4, 0.5) is 5.13 Å². The predicted octanol–water partition coefficient (Wildman–Crippen LogP) is 4.82. The van der Waals surface area contributed by atoms with Crippen molar-refractivity contribution in [3.63, 3.8) is 0 Å². The van der Waals surface area contributed by atoms with E-state index >= 15 is 0 Å². The predicted molar refractivity (Wildman–Crippen MR) is 138 cm³/mol. The van der Waals surface area contributed by atoms with Crippen LogP contribution in [0, 0.1) is 0 Å². The molecular weight excluding hydrogens is 464 g/mol. The molecule has 0 aliphatic carbocycles. The van der Waals surface area contributed by atoms with E-state index in [1.54, 1.807) is 29.3 Å². The monoisotopic (exact) mass is 486 g/mol. The summed E-state index contributed by atoms with van der Waals surface area (Å²) in [6, 6.07) is 19.9. The van der Waals surface area contributed by atoms with Crippen LogP contribution < -0.4 is 4.90 Å². The van der Waals surface area contributed by atoms with Gasteiger partial charge in [0.05, 0.1) is 11.0 Å². The highest BCUT2D eigenvalue weighted by Crippen LogP contribution is 2.28. The molecule has 1 N–H and O–H groups in total. The minimum absolute atomic E-state index is 0.0853. The molecule has 2 aromatic carbocycles. The fourth-order valence-electron chi connectivity index (χ4n) is 4.07. The maximum atomic E-state index is 13.0. The topological polar surface area (TPSA) is 78.0 Å². The molecule has 1 saturated heterocycles. The molecule has 5 aromatic rings. The molecule has 1 amide bonds. The van der Waals surface area contributed by atoms with E-state index in [0.29, 0.717) is 13.1 Å². The Bertz CT molecular complexity index is 1390. The van der Waals surface area contributed by atoms with Gasteiger partial charge in [0.1, 0.15) is 10.3 Å². The van der Waals surface area contributed by atoms with Crippen LogP contribution in [0.5, 0.6) is 0 Å². The van der Waals surface area contributed by atoms with Gasteiger partial charge in [0.15, 0.2) is 10.3 Å². The molecule has 0 saturated carbocycles. The van der Waals surface area contributed by atoms with Crippen molar-refractivity contribution in [3.8, 4) is 0 Å². The lowest BCUT2D eigenvalue weighted by atomic mass is 10.1. The Kier molecular flexibility index (Phi) is 5.64. The zero-order valence-electron chi connectivity index (χ0n) is 18.3. The molecule has 3 aromatic heterocycles. The number of nitrogens with one attached hydrogen (secondary N) is 1. The van der Waals surface area contributed by atoms with Crippen LogP contribution in [-0.4, -0.2) is 56.9 Å². The van der Waals surface area contributed by atoms with Crippen molar-refractivity contribution in [3.05, 3.63) is 78.0 Å².